The van der Waals surface area contributed by atoms with Crippen LogP contribution in [0.4, 0.5) is 0 Å². The van der Waals surface area contributed by atoms with Gasteiger partial charge in [-0.15, -0.1) is 0 Å². The smallest absolute Gasteiger partial charge is 0.269 e. The SMILES string of the molecule is C=CC(=O)N1C[C@H]2CCC(=O)N2[C@@H](c2cc(Cl)nc(-c3cc(C(=O)NC)ncn3)c2)C1. The third kappa shape index (κ3) is 4.00. The van der Waals surface area contributed by atoms with E-state index in [2.05, 4.69) is 26.8 Å². The van der Waals surface area contributed by atoms with Crippen molar-refractivity contribution >= 4 is 29.3 Å². The lowest BCUT2D eigenvalue weighted by Gasteiger charge is -2.43. The summed E-state index contributed by atoms with van der Waals surface area (Å²) < 4.78 is 0. The lowest BCUT2D eigenvalue weighted by atomic mass is 9.99. The molecular weight excluding hydrogens is 420 g/mol. The maximum absolute atomic E-state index is 12.6. The molecule has 2 atom stereocenters. The predicted octanol–water partition coefficient (Wildman–Crippen LogP) is 1.61. The lowest BCUT2D eigenvalue weighted by Crippen LogP contribution is -2.54. The van der Waals surface area contributed by atoms with Crippen molar-refractivity contribution in [3.63, 3.8) is 0 Å². The Labute approximate surface area is 184 Å². The second-order valence-electron chi connectivity index (χ2n) is 7.43. The number of fused-ring (bicyclic) bond motifs is 1. The van der Waals surface area contributed by atoms with Gasteiger partial charge < -0.3 is 15.1 Å². The minimum Gasteiger partial charge on any atom is -0.354 e. The molecule has 2 saturated heterocycles. The third-order valence-corrected chi connectivity index (χ3v) is 5.80. The molecule has 2 aromatic heterocycles. The zero-order valence-electron chi connectivity index (χ0n) is 16.9. The molecule has 2 aliphatic rings. The number of hydrogen-bond donors (Lipinski definition) is 1. The van der Waals surface area contributed by atoms with Crippen molar-refractivity contribution in [3.05, 3.63) is 53.6 Å². The molecule has 3 amide bonds. The number of hydrogen-bond acceptors (Lipinski definition) is 6. The van der Waals surface area contributed by atoms with E-state index in [-0.39, 0.29) is 40.7 Å². The fraction of sp³-hybridized carbons (Fsp3) is 0.333. The van der Waals surface area contributed by atoms with Crippen LogP contribution in [0.3, 0.4) is 0 Å². The highest BCUT2D eigenvalue weighted by atomic mass is 35.5. The number of carbonyl (C=O) groups excluding carboxylic acids is 3. The van der Waals surface area contributed by atoms with Crippen LogP contribution in [0.15, 0.2) is 37.2 Å². The summed E-state index contributed by atoms with van der Waals surface area (Å²) in [6.45, 7) is 4.40. The molecule has 0 saturated carbocycles. The Morgan fingerprint density at radius 3 is 2.77 bits per heavy atom. The number of aromatic nitrogens is 3. The second-order valence-corrected chi connectivity index (χ2v) is 7.82. The molecule has 9 nitrogen and oxygen atoms in total. The van der Waals surface area contributed by atoms with Crippen LogP contribution in [0.1, 0.15) is 34.9 Å². The van der Waals surface area contributed by atoms with Gasteiger partial charge in [0.05, 0.1) is 23.5 Å². The molecule has 0 spiro atoms. The first-order chi connectivity index (χ1) is 14.9. The molecule has 0 unspecified atom stereocenters. The van der Waals surface area contributed by atoms with E-state index in [1.54, 1.807) is 17.0 Å². The molecule has 2 fully saturated rings. The molecule has 0 radical (unpaired) electrons. The van der Waals surface area contributed by atoms with Crippen LogP contribution in [0.5, 0.6) is 0 Å². The van der Waals surface area contributed by atoms with Crippen molar-refractivity contribution in [3.8, 4) is 11.4 Å². The van der Waals surface area contributed by atoms with Crippen LogP contribution in [0.25, 0.3) is 11.4 Å². The van der Waals surface area contributed by atoms with Crippen LogP contribution >= 0.6 is 11.6 Å². The summed E-state index contributed by atoms with van der Waals surface area (Å²) in [5, 5.41) is 2.75. The summed E-state index contributed by atoms with van der Waals surface area (Å²) in [5.74, 6) is -0.461. The number of nitrogens with one attached hydrogen (secondary N) is 1. The summed E-state index contributed by atoms with van der Waals surface area (Å²) in [4.78, 5) is 52.9. The Morgan fingerprint density at radius 2 is 2.03 bits per heavy atom. The Balaban J connectivity index is 1.74. The Morgan fingerprint density at radius 1 is 1.23 bits per heavy atom. The highest BCUT2D eigenvalue weighted by Crippen LogP contribution is 2.37. The summed E-state index contributed by atoms with van der Waals surface area (Å²) in [6.07, 6.45) is 3.72. The average molecular weight is 441 g/mol. The molecule has 2 aromatic rings. The molecule has 10 heteroatoms. The Bertz CT molecular complexity index is 1070. The standard InChI is InChI=1S/C21H21ClN6O3/c1-3-19(29)27-9-13-4-5-20(30)28(13)17(10-27)12-6-15(26-18(22)7-12)14-8-16(21(31)23-2)25-11-24-14/h3,6-8,11,13,17H,1,4-5,9-10H2,2H3,(H,23,31)/t13-,17-/m1/s1. The first-order valence-electron chi connectivity index (χ1n) is 9.85. The normalized spacial score (nSPS) is 20.4. The molecule has 0 aliphatic carbocycles. The van der Waals surface area contributed by atoms with Gasteiger partial charge in [-0.25, -0.2) is 15.0 Å². The predicted molar refractivity (Wildman–Crippen MR) is 113 cm³/mol. The van der Waals surface area contributed by atoms with Gasteiger partial charge in [0, 0.05) is 26.6 Å². The Kier molecular flexibility index (Phi) is 5.69. The number of nitrogens with zero attached hydrogens (tertiary/aromatic N) is 5. The summed E-state index contributed by atoms with van der Waals surface area (Å²) in [6, 6.07) is 4.60. The number of piperazine rings is 1. The largest absolute Gasteiger partial charge is 0.354 e. The van der Waals surface area contributed by atoms with E-state index in [4.69, 9.17) is 11.6 Å². The topological polar surface area (TPSA) is 108 Å². The third-order valence-electron chi connectivity index (χ3n) is 5.61. The van der Waals surface area contributed by atoms with Crippen molar-refractivity contribution in [2.45, 2.75) is 24.9 Å². The number of rotatable bonds is 4. The number of carbonyl (C=O) groups is 3. The molecule has 31 heavy (non-hydrogen) atoms. The molecule has 160 valence electrons. The van der Waals surface area contributed by atoms with Crippen LogP contribution in [0.2, 0.25) is 5.15 Å². The van der Waals surface area contributed by atoms with E-state index in [9.17, 15) is 14.4 Å². The van der Waals surface area contributed by atoms with Gasteiger partial charge in [0.25, 0.3) is 5.91 Å². The molecule has 4 rings (SSSR count). The minimum absolute atomic E-state index is 0.0514. The van der Waals surface area contributed by atoms with E-state index in [0.29, 0.717) is 37.3 Å². The van der Waals surface area contributed by atoms with Gasteiger partial charge in [-0.3, -0.25) is 14.4 Å². The lowest BCUT2D eigenvalue weighted by molar-refractivity contribution is -0.140. The number of amides is 3. The van der Waals surface area contributed by atoms with Gasteiger partial charge in [-0.05, 0) is 36.3 Å². The van der Waals surface area contributed by atoms with Crippen molar-refractivity contribution < 1.29 is 14.4 Å². The molecule has 1 N–H and O–H groups in total. The zero-order valence-corrected chi connectivity index (χ0v) is 17.7. The van der Waals surface area contributed by atoms with Crippen molar-refractivity contribution in [2.24, 2.45) is 0 Å². The molecular formula is C21H21ClN6O3. The first kappa shape index (κ1) is 20.9. The van der Waals surface area contributed by atoms with Crippen molar-refractivity contribution in [1.29, 1.82) is 0 Å². The van der Waals surface area contributed by atoms with Gasteiger partial charge in [0.2, 0.25) is 11.8 Å². The maximum atomic E-state index is 12.6. The second kappa shape index (κ2) is 8.43. The highest BCUT2D eigenvalue weighted by Gasteiger charge is 2.43. The summed E-state index contributed by atoms with van der Waals surface area (Å²) in [5.41, 5.74) is 1.82. The van der Waals surface area contributed by atoms with Gasteiger partial charge in [0.1, 0.15) is 17.2 Å². The minimum atomic E-state index is -0.364. The molecule has 0 bridgehead atoms. The van der Waals surface area contributed by atoms with Gasteiger partial charge in [-0.2, -0.15) is 0 Å². The quantitative estimate of drug-likeness (QED) is 0.571. The van der Waals surface area contributed by atoms with E-state index in [1.165, 1.54) is 25.5 Å². The van der Waals surface area contributed by atoms with Crippen LogP contribution in [0, 0.1) is 0 Å². The van der Waals surface area contributed by atoms with Gasteiger partial charge in [-0.1, -0.05) is 18.2 Å². The van der Waals surface area contributed by atoms with Gasteiger partial charge in [0.15, 0.2) is 0 Å². The van der Waals surface area contributed by atoms with Crippen LogP contribution < -0.4 is 5.32 Å². The van der Waals surface area contributed by atoms with Crippen molar-refractivity contribution in [2.75, 3.05) is 20.1 Å². The molecule has 4 heterocycles. The summed E-state index contributed by atoms with van der Waals surface area (Å²) >= 11 is 6.32. The van der Waals surface area contributed by atoms with E-state index < -0.39 is 0 Å². The molecule has 2 aliphatic heterocycles. The van der Waals surface area contributed by atoms with Crippen LogP contribution in [-0.4, -0.2) is 68.7 Å². The van der Waals surface area contributed by atoms with E-state index >= 15 is 0 Å². The fourth-order valence-corrected chi connectivity index (χ4v) is 4.38. The van der Waals surface area contributed by atoms with Crippen molar-refractivity contribution in [1.82, 2.24) is 30.1 Å². The summed E-state index contributed by atoms with van der Waals surface area (Å²) in [7, 11) is 1.52. The van der Waals surface area contributed by atoms with E-state index in [1.807, 2.05) is 4.90 Å². The number of pyridine rings is 1. The average Bonchev–Trinajstić information content (AvgIpc) is 3.17. The monoisotopic (exact) mass is 440 g/mol. The number of halogens is 1. The van der Waals surface area contributed by atoms with Gasteiger partial charge >= 0.3 is 0 Å². The fourth-order valence-electron chi connectivity index (χ4n) is 4.16. The first-order valence-corrected chi connectivity index (χ1v) is 10.2. The Hall–Kier alpha value is -3.33. The zero-order chi connectivity index (χ0) is 22.1. The maximum Gasteiger partial charge on any atom is 0.269 e. The highest BCUT2D eigenvalue weighted by molar-refractivity contribution is 6.29. The van der Waals surface area contributed by atoms with E-state index in [0.717, 1.165) is 5.56 Å². The van der Waals surface area contributed by atoms with Crippen LogP contribution in [-0.2, 0) is 9.59 Å². The molecule has 0 aromatic carbocycles.